The third-order valence-corrected chi connectivity index (χ3v) is 6.67. The summed E-state index contributed by atoms with van der Waals surface area (Å²) in [6.07, 6.45) is 8.31. The number of nitrogens with zero attached hydrogens (tertiary/aromatic N) is 5. The molecule has 3 aromatic heterocycles. The lowest BCUT2D eigenvalue weighted by Crippen LogP contribution is -2.12. The fourth-order valence-corrected chi connectivity index (χ4v) is 4.54. The van der Waals surface area contributed by atoms with Crippen LogP contribution in [0.5, 0.6) is 11.6 Å². The third-order valence-electron chi connectivity index (χ3n) is 6.67. The Morgan fingerprint density at radius 3 is 2.82 bits per heavy atom. The van der Waals surface area contributed by atoms with Crippen LogP contribution in [0.25, 0.3) is 16.9 Å². The molecular weight excluding hydrogens is 483 g/mol. The second kappa shape index (κ2) is 10.1. The first kappa shape index (κ1) is 23.8. The molecule has 1 fully saturated rings. The molecule has 9 heteroatoms. The minimum atomic E-state index is -0.392. The predicted octanol–water partition coefficient (Wildman–Crippen LogP) is 5.93. The predicted molar refractivity (Wildman–Crippen MR) is 142 cm³/mol. The van der Waals surface area contributed by atoms with E-state index in [1.807, 2.05) is 42.1 Å². The van der Waals surface area contributed by atoms with Gasteiger partial charge in [-0.15, -0.1) is 5.10 Å². The van der Waals surface area contributed by atoms with E-state index in [4.69, 9.17) is 4.74 Å². The number of nitrogens with one attached hydrogen (secondary N) is 1. The molecule has 0 bridgehead atoms. The van der Waals surface area contributed by atoms with E-state index < -0.39 is 5.82 Å². The normalized spacial score (nSPS) is 13.1. The van der Waals surface area contributed by atoms with Crippen LogP contribution in [0.15, 0.2) is 73.2 Å². The molecule has 0 saturated heterocycles. The number of ether oxygens (including phenoxy) is 1. The number of benzene rings is 2. The second-order valence-electron chi connectivity index (χ2n) is 9.63. The van der Waals surface area contributed by atoms with Gasteiger partial charge in [0.2, 0.25) is 5.88 Å². The number of carbonyl (C=O) groups excluding carboxylic acids is 1. The van der Waals surface area contributed by atoms with Gasteiger partial charge in [-0.25, -0.2) is 13.9 Å². The molecule has 3 heterocycles. The van der Waals surface area contributed by atoms with E-state index in [1.54, 1.807) is 35.1 Å². The number of aromatic nitrogens is 5. The minimum absolute atomic E-state index is 0.197. The van der Waals surface area contributed by atoms with Crippen molar-refractivity contribution >= 4 is 17.1 Å². The standard InChI is InChI=1S/C29H27FN6O2/c1-19-14-21(8-9-24(19)27(37)15-20-6-7-20)26-18-32-29-25(31-11-13-35-12-3-10-33-35)17-28(34-36(26)29)38-23-5-2-4-22(30)16-23/h2-5,8-10,12,14,16-18,20,31H,6-7,11,13,15H2,1H3. The Bertz CT molecular complexity index is 1610. The summed E-state index contributed by atoms with van der Waals surface area (Å²) in [6.45, 7) is 3.21. The van der Waals surface area contributed by atoms with E-state index in [2.05, 4.69) is 20.5 Å². The lowest BCUT2D eigenvalue weighted by Gasteiger charge is -2.12. The SMILES string of the molecule is Cc1cc(-c2cnc3c(NCCn4cccn4)cc(Oc4cccc(F)c4)nn23)ccc1C(=O)CC1CC1. The summed E-state index contributed by atoms with van der Waals surface area (Å²) in [7, 11) is 0. The highest BCUT2D eigenvalue weighted by atomic mass is 19.1. The molecule has 0 amide bonds. The van der Waals surface area contributed by atoms with Crippen molar-refractivity contribution in [2.75, 3.05) is 11.9 Å². The van der Waals surface area contributed by atoms with Crippen LogP contribution >= 0.6 is 0 Å². The van der Waals surface area contributed by atoms with Crippen molar-refractivity contribution in [2.24, 2.45) is 5.92 Å². The Kier molecular flexibility index (Phi) is 6.33. The Hall–Kier alpha value is -4.53. The maximum Gasteiger partial charge on any atom is 0.239 e. The number of hydrogen-bond donors (Lipinski definition) is 1. The van der Waals surface area contributed by atoms with Gasteiger partial charge < -0.3 is 10.1 Å². The lowest BCUT2D eigenvalue weighted by atomic mass is 9.98. The summed E-state index contributed by atoms with van der Waals surface area (Å²) in [5.41, 5.74) is 4.67. The molecule has 0 radical (unpaired) electrons. The van der Waals surface area contributed by atoms with Crippen LogP contribution in [0.4, 0.5) is 10.1 Å². The molecule has 38 heavy (non-hydrogen) atoms. The van der Waals surface area contributed by atoms with Gasteiger partial charge in [-0.3, -0.25) is 9.48 Å². The lowest BCUT2D eigenvalue weighted by molar-refractivity contribution is 0.0975. The summed E-state index contributed by atoms with van der Waals surface area (Å²) in [4.78, 5) is 17.4. The highest BCUT2D eigenvalue weighted by Gasteiger charge is 2.25. The molecule has 2 aromatic carbocycles. The highest BCUT2D eigenvalue weighted by Crippen LogP contribution is 2.35. The van der Waals surface area contributed by atoms with Crippen LogP contribution in [0.1, 0.15) is 35.2 Å². The monoisotopic (exact) mass is 510 g/mol. The van der Waals surface area contributed by atoms with Gasteiger partial charge in [-0.1, -0.05) is 18.2 Å². The van der Waals surface area contributed by atoms with E-state index in [1.165, 1.54) is 12.1 Å². The van der Waals surface area contributed by atoms with Gasteiger partial charge in [0.15, 0.2) is 11.4 Å². The Labute approximate surface area is 219 Å². The molecule has 1 N–H and O–H groups in total. The number of fused-ring (bicyclic) bond motifs is 1. The van der Waals surface area contributed by atoms with Crippen LogP contribution in [-0.4, -0.2) is 36.7 Å². The number of aryl methyl sites for hydroxylation is 1. The molecule has 0 spiro atoms. The Morgan fingerprint density at radius 2 is 2.05 bits per heavy atom. The number of halogens is 1. The molecule has 0 aliphatic heterocycles. The van der Waals surface area contributed by atoms with Crippen LogP contribution in [0, 0.1) is 18.7 Å². The van der Waals surface area contributed by atoms with Gasteiger partial charge in [-0.05, 0) is 55.5 Å². The quantitative estimate of drug-likeness (QED) is 0.235. The molecule has 1 saturated carbocycles. The van der Waals surface area contributed by atoms with E-state index in [0.29, 0.717) is 36.8 Å². The number of carbonyl (C=O) groups is 1. The summed E-state index contributed by atoms with van der Waals surface area (Å²) < 4.78 is 23.3. The van der Waals surface area contributed by atoms with Crippen LogP contribution < -0.4 is 10.1 Å². The van der Waals surface area contributed by atoms with Crippen molar-refractivity contribution < 1.29 is 13.9 Å². The van der Waals surface area contributed by atoms with Gasteiger partial charge in [0.1, 0.15) is 11.6 Å². The van der Waals surface area contributed by atoms with Gasteiger partial charge in [0, 0.05) is 48.6 Å². The van der Waals surface area contributed by atoms with Crippen molar-refractivity contribution in [2.45, 2.75) is 32.7 Å². The molecule has 6 rings (SSSR count). The van der Waals surface area contributed by atoms with Crippen molar-refractivity contribution in [1.82, 2.24) is 24.4 Å². The molecule has 0 atom stereocenters. The zero-order valence-corrected chi connectivity index (χ0v) is 21.0. The number of imidazole rings is 1. The van der Waals surface area contributed by atoms with E-state index in [-0.39, 0.29) is 11.7 Å². The maximum atomic E-state index is 13.8. The van der Waals surface area contributed by atoms with E-state index >= 15 is 0 Å². The van der Waals surface area contributed by atoms with Crippen LogP contribution in [0.3, 0.4) is 0 Å². The first-order valence-electron chi connectivity index (χ1n) is 12.7. The Balaban J connectivity index is 1.35. The summed E-state index contributed by atoms with van der Waals surface area (Å²) in [5.74, 6) is 0.978. The molecule has 1 aliphatic rings. The maximum absolute atomic E-state index is 13.8. The van der Waals surface area contributed by atoms with Gasteiger partial charge in [0.05, 0.1) is 24.1 Å². The van der Waals surface area contributed by atoms with Crippen molar-refractivity contribution in [1.29, 1.82) is 0 Å². The average Bonchev–Trinajstić information content (AvgIpc) is 3.36. The smallest absolute Gasteiger partial charge is 0.239 e. The molecule has 192 valence electrons. The highest BCUT2D eigenvalue weighted by molar-refractivity contribution is 5.98. The fourth-order valence-electron chi connectivity index (χ4n) is 4.54. The summed E-state index contributed by atoms with van der Waals surface area (Å²) in [5, 5.41) is 12.3. The number of Topliss-reactive ketones (excluding diaryl/α,β-unsaturated/α-hetero) is 1. The van der Waals surface area contributed by atoms with Crippen molar-refractivity contribution in [3.63, 3.8) is 0 Å². The van der Waals surface area contributed by atoms with Crippen molar-refractivity contribution in [3.8, 4) is 22.9 Å². The van der Waals surface area contributed by atoms with E-state index in [9.17, 15) is 9.18 Å². The summed E-state index contributed by atoms with van der Waals surface area (Å²) >= 11 is 0. The number of rotatable bonds is 10. The number of ketones is 1. The zero-order valence-electron chi connectivity index (χ0n) is 21.0. The largest absolute Gasteiger partial charge is 0.437 e. The van der Waals surface area contributed by atoms with Crippen molar-refractivity contribution in [3.05, 3.63) is 90.1 Å². The first-order valence-corrected chi connectivity index (χ1v) is 12.7. The molecule has 5 aromatic rings. The van der Waals surface area contributed by atoms with Gasteiger partial charge in [-0.2, -0.15) is 5.10 Å². The first-order chi connectivity index (χ1) is 18.5. The Morgan fingerprint density at radius 1 is 1.16 bits per heavy atom. The van der Waals surface area contributed by atoms with Crippen LogP contribution in [0.2, 0.25) is 0 Å². The topological polar surface area (TPSA) is 86.3 Å². The van der Waals surface area contributed by atoms with Gasteiger partial charge in [0.25, 0.3) is 0 Å². The molecule has 0 unspecified atom stereocenters. The summed E-state index contributed by atoms with van der Waals surface area (Å²) in [6, 6.07) is 15.4. The molecule has 1 aliphatic carbocycles. The fraction of sp³-hybridized carbons (Fsp3) is 0.241. The minimum Gasteiger partial charge on any atom is -0.437 e. The number of anilines is 1. The van der Waals surface area contributed by atoms with Gasteiger partial charge >= 0.3 is 0 Å². The van der Waals surface area contributed by atoms with Crippen LogP contribution in [-0.2, 0) is 6.54 Å². The average molecular weight is 511 g/mol. The molecular formula is C29H27FN6O2. The number of hydrogen-bond acceptors (Lipinski definition) is 6. The van der Waals surface area contributed by atoms with E-state index in [0.717, 1.165) is 40.9 Å². The zero-order chi connectivity index (χ0) is 26.1. The third kappa shape index (κ3) is 5.13. The molecule has 8 nitrogen and oxygen atoms in total. The second-order valence-corrected chi connectivity index (χ2v) is 9.63.